The summed E-state index contributed by atoms with van der Waals surface area (Å²) in [6.07, 6.45) is 1.64. The van der Waals surface area contributed by atoms with E-state index in [1.807, 2.05) is 59.2 Å². The largest absolute Gasteiger partial charge is 0.494 e. The summed E-state index contributed by atoms with van der Waals surface area (Å²) in [6.45, 7) is 2.91. The van der Waals surface area contributed by atoms with Gasteiger partial charge < -0.3 is 23.6 Å². The third-order valence-electron chi connectivity index (χ3n) is 6.21. The molecule has 2 heterocycles. The van der Waals surface area contributed by atoms with Crippen molar-refractivity contribution in [2.75, 3.05) is 13.2 Å². The molecule has 1 N–H and O–H groups in total. The lowest BCUT2D eigenvalue weighted by molar-refractivity contribution is -0.137. The van der Waals surface area contributed by atoms with Crippen LogP contribution in [0.15, 0.2) is 71.1 Å². The van der Waals surface area contributed by atoms with Gasteiger partial charge in [0.2, 0.25) is 0 Å². The molecule has 0 spiro atoms. The molecule has 0 aliphatic rings. The van der Waals surface area contributed by atoms with E-state index in [1.165, 1.54) is 6.92 Å². The standard InChI is InChI=1S/C29H27NO6/c1-19(31)27-17-20-7-6-10-26(29(20)36-27)35-16-5-4-15-34-21-11-12-23-22-8-2-3-9-24(22)30(25(23)18-21)14-13-28(32)33/h2-3,6-12,17-18H,4-5,13-16H2,1H3,(H,32,33). The molecule has 5 aromatic rings. The van der Waals surface area contributed by atoms with Gasteiger partial charge in [-0.2, -0.15) is 0 Å². The number of hydrogen-bond acceptors (Lipinski definition) is 5. The lowest BCUT2D eigenvalue weighted by Crippen LogP contribution is -2.05. The Labute approximate surface area is 207 Å². The Morgan fingerprint density at radius 2 is 1.67 bits per heavy atom. The molecule has 2 aromatic heterocycles. The molecular weight excluding hydrogens is 458 g/mol. The number of aliphatic carboxylic acids is 1. The van der Waals surface area contributed by atoms with E-state index in [0.717, 1.165) is 45.8 Å². The van der Waals surface area contributed by atoms with Crippen LogP contribution in [-0.2, 0) is 11.3 Å². The van der Waals surface area contributed by atoms with Gasteiger partial charge in [-0.05, 0) is 43.2 Å². The molecule has 0 saturated carbocycles. The van der Waals surface area contributed by atoms with E-state index in [1.54, 1.807) is 6.07 Å². The van der Waals surface area contributed by atoms with Crippen LogP contribution in [0.4, 0.5) is 0 Å². The Balaban J connectivity index is 1.20. The number of furan rings is 1. The summed E-state index contributed by atoms with van der Waals surface area (Å²) in [5.74, 6) is 0.766. The van der Waals surface area contributed by atoms with Crippen molar-refractivity contribution in [3.05, 3.63) is 72.5 Å². The third-order valence-corrected chi connectivity index (χ3v) is 6.21. The Hall–Kier alpha value is -4.26. The molecule has 7 heteroatoms. The number of unbranched alkanes of at least 4 members (excludes halogenated alkanes) is 1. The van der Waals surface area contributed by atoms with E-state index in [-0.39, 0.29) is 12.2 Å². The molecule has 0 radical (unpaired) electrons. The van der Waals surface area contributed by atoms with Crippen LogP contribution in [0.5, 0.6) is 11.5 Å². The van der Waals surface area contributed by atoms with Gasteiger partial charge in [0.05, 0.1) is 25.2 Å². The Morgan fingerprint density at radius 3 is 2.47 bits per heavy atom. The number of para-hydroxylation sites is 2. The normalized spacial score (nSPS) is 11.4. The van der Waals surface area contributed by atoms with Crippen molar-refractivity contribution in [1.82, 2.24) is 4.57 Å². The Bertz CT molecular complexity index is 1560. The van der Waals surface area contributed by atoms with Crippen molar-refractivity contribution in [1.29, 1.82) is 0 Å². The van der Waals surface area contributed by atoms with Crippen LogP contribution in [0.25, 0.3) is 32.8 Å². The quantitative estimate of drug-likeness (QED) is 0.171. The summed E-state index contributed by atoms with van der Waals surface area (Å²) < 4.78 is 19.6. The fourth-order valence-corrected chi connectivity index (χ4v) is 4.47. The fourth-order valence-electron chi connectivity index (χ4n) is 4.47. The first-order valence-corrected chi connectivity index (χ1v) is 12.0. The summed E-state index contributed by atoms with van der Waals surface area (Å²) in [6, 6.07) is 21.3. The van der Waals surface area contributed by atoms with Gasteiger partial charge in [-0.1, -0.05) is 30.3 Å². The summed E-state index contributed by atoms with van der Waals surface area (Å²) >= 11 is 0. The third kappa shape index (κ3) is 4.77. The monoisotopic (exact) mass is 485 g/mol. The van der Waals surface area contributed by atoms with Crippen molar-refractivity contribution < 1.29 is 28.6 Å². The van der Waals surface area contributed by atoms with E-state index >= 15 is 0 Å². The number of rotatable bonds is 11. The Morgan fingerprint density at radius 1 is 0.889 bits per heavy atom. The smallest absolute Gasteiger partial charge is 0.305 e. The highest BCUT2D eigenvalue weighted by molar-refractivity contribution is 6.08. The maximum atomic E-state index is 11.6. The summed E-state index contributed by atoms with van der Waals surface area (Å²) in [7, 11) is 0. The number of aromatic nitrogens is 1. The van der Waals surface area contributed by atoms with Gasteiger partial charge in [0.1, 0.15) is 5.75 Å². The molecule has 0 saturated heterocycles. The number of carboxylic acid groups (broad SMARTS) is 1. The molecule has 0 amide bonds. The van der Waals surface area contributed by atoms with Crippen molar-refractivity contribution in [3.8, 4) is 11.5 Å². The first-order valence-electron chi connectivity index (χ1n) is 12.0. The van der Waals surface area contributed by atoms with Gasteiger partial charge in [0.25, 0.3) is 0 Å². The minimum absolute atomic E-state index is 0.0562. The lowest BCUT2D eigenvalue weighted by Gasteiger charge is -2.09. The molecule has 3 aromatic carbocycles. The second kappa shape index (κ2) is 10.2. The average Bonchev–Trinajstić information content (AvgIpc) is 3.45. The number of ketones is 1. The van der Waals surface area contributed by atoms with Crippen LogP contribution >= 0.6 is 0 Å². The zero-order valence-electron chi connectivity index (χ0n) is 20.0. The summed E-state index contributed by atoms with van der Waals surface area (Å²) in [5, 5.41) is 12.2. The molecule has 36 heavy (non-hydrogen) atoms. The molecule has 0 bridgehead atoms. The second-order valence-corrected chi connectivity index (χ2v) is 8.74. The van der Waals surface area contributed by atoms with E-state index in [2.05, 4.69) is 6.07 Å². The highest BCUT2D eigenvalue weighted by atomic mass is 16.5. The minimum Gasteiger partial charge on any atom is -0.494 e. The minimum atomic E-state index is -0.821. The predicted octanol–water partition coefficient (Wildman–Crippen LogP) is 6.46. The Kier molecular flexibility index (Phi) is 6.62. The van der Waals surface area contributed by atoms with Gasteiger partial charge in [-0.25, -0.2) is 0 Å². The van der Waals surface area contributed by atoms with Crippen LogP contribution in [0.2, 0.25) is 0 Å². The molecule has 5 rings (SSSR count). The van der Waals surface area contributed by atoms with Gasteiger partial charge in [-0.15, -0.1) is 0 Å². The number of benzene rings is 3. The van der Waals surface area contributed by atoms with Gasteiger partial charge in [0.15, 0.2) is 22.9 Å². The van der Waals surface area contributed by atoms with Gasteiger partial charge in [0, 0.05) is 41.2 Å². The molecule has 0 atom stereocenters. The molecule has 0 aliphatic heterocycles. The highest BCUT2D eigenvalue weighted by Gasteiger charge is 2.13. The molecule has 0 aliphatic carbocycles. The maximum Gasteiger partial charge on any atom is 0.305 e. The topological polar surface area (TPSA) is 90.9 Å². The first-order chi connectivity index (χ1) is 17.5. The summed E-state index contributed by atoms with van der Waals surface area (Å²) in [5.41, 5.74) is 2.57. The maximum absolute atomic E-state index is 11.6. The molecule has 0 fully saturated rings. The van der Waals surface area contributed by atoms with Gasteiger partial charge >= 0.3 is 5.97 Å². The fraction of sp³-hybridized carbons (Fsp3) is 0.241. The number of ether oxygens (including phenoxy) is 2. The second-order valence-electron chi connectivity index (χ2n) is 8.74. The van der Waals surface area contributed by atoms with Crippen LogP contribution in [0.1, 0.15) is 36.7 Å². The van der Waals surface area contributed by atoms with Crippen LogP contribution in [-0.4, -0.2) is 34.6 Å². The summed E-state index contributed by atoms with van der Waals surface area (Å²) in [4.78, 5) is 22.8. The van der Waals surface area contributed by atoms with E-state index in [9.17, 15) is 14.7 Å². The molecule has 0 unspecified atom stereocenters. The van der Waals surface area contributed by atoms with Crippen LogP contribution < -0.4 is 9.47 Å². The van der Waals surface area contributed by atoms with Gasteiger partial charge in [-0.3, -0.25) is 9.59 Å². The zero-order chi connectivity index (χ0) is 25.1. The van der Waals surface area contributed by atoms with Crippen LogP contribution in [0, 0.1) is 0 Å². The van der Waals surface area contributed by atoms with Crippen molar-refractivity contribution in [2.24, 2.45) is 0 Å². The van der Waals surface area contributed by atoms with E-state index in [0.29, 0.717) is 36.9 Å². The number of fused-ring (bicyclic) bond motifs is 4. The van der Waals surface area contributed by atoms with Crippen LogP contribution in [0.3, 0.4) is 0 Å². The first kappa shape index (κ1) is 23.5. The lowest BCUT2D eigenvalue weighted by atomic mass is 10.1. The van der Waals surface area contributed by atoms with Crippen molar-refractivity contribution >= 4 is 44.5 Å². The number of Topliss-reactive ketones (excluding diaryl/α,β-unsaturated/α-hetero) is 1. The van der Waals surface area contributed by atoms with Crippen molar-refractivity contribution in [2.45, 2.75) is 32.7 Å². The zero-order valence-corrected chi connectivity index (χ0v) is 20.0. The van der Waals surface area contributed by atoms with E-state index in [4.69, 9.17) is 13.9 Å². The number of carboxylic acids is 1. The SMILES string of the molecule is CC(=O)c1cc2cccc(OCCCCOc3ccc4c5ccccc5n(CCC(=O)O)c4c3)c2o1. The predicted molar refractivity (Wildman–Crippen MR) is 138 cm³/mol. The number of carbonyl (C=O) groups is 2. The number of carbonyl (C=O) groups excluding carboxylic acids is 1. The van der Waals surface area contributed by atoms with E-state index < -0.39 is 5.97 Å². The number of nitrogens with zero attached hydrogens (tertiary/aromatic N) is 1. The average molecular weight is 486 g/mol. The number of hydrogen-bond donors (Lipinski definition) is 1. The number of aryl methyl sites for hydroxylation is 1. The van der Waals surface area contributed by atoms with Crippen molar-refractivity contribution in [3.63, 3.8) is 0 Å². The molecule has 7 nitrogen and oxygen atoms in total. The highest BCUT2D eigenvalue weighted by Crippen LogP contribution is 2.32. The molecular formula is C29H27NO6. The molecule has 184 valence electrons.